The van der Waals surface area contributed by atoms with Crippen molar-refractivity contribution < 1.29 is 9.53 Å². The van der Waals surface area contributed by atoms with Gasteiger partial charge in [0.15, 0.2) is 0 Å². The van der Waals surface area contributed by atoms with Gasteiger partial charge in [0, 0.05) is 12.0 Å². The molecule has 4 nitrogen and oxygen atoms in total. The summed E-state index contributed by atoms with van der Waals surface area (Å²) in [5.41, 5.74) is 7.40. The number of hydrogen-bond donors (Lipinski definition) is 2. The Hall–Kier alpha value is -1.39. The van der Waals surface area contributed by atoms with E-state index in [9.17, 15) is 4.79 Å². The molecule has 0 saturated carbocycles. The van der Waals surface area contributed by atoms with Crippen LogP contribution >= 0.6 is 0 Å². The van der Waals surface area contributed by atoms with Crippen LogP contribution in [0.1, 0.15) is 32.3 Å². The third kappa shape index (κ3) is 3.81. The van der Waals surface area contributed by atoms with Gasteiger partial charge in [0.1, 0.15) is 12.0 Å². The fourth-order valence-corrected chi connectivity index (χ4v) is 2.52. The van der Waals surface area contributed by atoms with E-state index in [1.165, 1.54) is 5.56 Å². The molecule has 1 saturated heterocycles. The summed E-state index contributed by atoms with van der Waals surface area (Å²) in [5, 5.41) is 0. The van der Waals surface area contributed by atoms with E-state index < -0.39 is 0 Å². The Morgan fingerprint density at radius 1 is 1.25 bits per heavy atom. The fraction of sp³-hybridized carbons (Fsp3) is 0.562. The van der Waals surface area contributed by atoms with Crippen molar-refractivity contribution >= 4 is 6.29 Å². The molecule has 0 aliphatic carbocycles. The molecule has 0 radical (unpaired) electrons. The minimum absolute atomic E-state index is 0.106. The largest absolute Gasteiger partial charge is 0.494 e. The van der Waals surface area contributed by atoms with Crippen molar-refractivity contribution in [2.45, 2.75) is 45.2 Å². The van der Waals surface area contributed by atoms with Crippen LogP contribution < -0.4 is 15.6 Å². The van der Waals surface area contributed by atoms with Crippen molar-refractivity contribution in [1.29, 1.82) is 0 Å². The third-order valence-electron chi connectivity index (χ3n) is 3.89. The fourth-order valence-electron chi connectivity index (χ4n) is 2.52. The number of ether oxygens (including phenoxy) is 1. The van der Waals surface area contributed by atoms with Crippen molar-refractivity contribution in [1.82, 2.24) is 10.9 Å². The van der Waals surface area contributed by atoms with Gasteiger partial charge in [-0.2, -0.15) is 0 Å². The van der Waals surface area contributed by atoms with Crippen LogP contribution in [0, 0.1) is 5.92 Å². The molecule has 1 aliphatic heterocycles. The molecule has 110 valence electrons. The summed E-state index contributed by atoms with van der Waals surface area (Å²) >= 11 is 0. The first-order valence-electron chi connectivity index (χ1n) is 7.42. The van der Waals surface area contributed by atoms with E-state index in [0.29, 0.717) is 12.0 Å². The van der Waals surface area contributed by atoms with Crippen molar-refractivity contribution in [3.05, 3.63) is 29.8 Å². The van der Waals surface area contributed by atoms with Gasteiger partial charge in [0.2, 0.25) is 0 Å². The van der Waals surface area contributed by atoms with Crippen LogP contribution in [0.3, 0.4) is 0 Å². The van der Waals surface area contributed by atoms with Crippen molar-refractivity contribution in [2.75, 3.05) is 6.61 Å². The number of aldehydes is 1. The number of nitrogens with one attached hydrogen (secondary N) is 2. The molecule has 2 N–H and O–H groups in total. The third-order valence-corrected chi connectivity index (χ3v) is 3.89. The quantitative estimate of drug-likeness (QED) is 0.591. The molecule has 4 heteroatoms. The molecule has 0 amide bonds. The van der Waals surface area contributed by atoms with Crippen LogP contribution in [-0.4, -0.2) is 25.0 Å². The molecule has 0 aromatic heterocycles. The smallest absolute Gasteiger partial charge is 0.138 e. The van der Waals surface area contributed by atoms with E-state index in [4.69, 9.17) is 4.74 Å². The van der Waals surface area contributed by atoms with Crippen molar-refractivity contribution in [3.8, 4) is 5.75 Å². The SMILES string of the molecule is CCCCOc1ccc(CC2C(C)NNC2C=O)cc1. The molecule has 1 fully saturated rings. The first-order chi connectivity index (χ1) is 9.74. The Kier molecular flexibility index (Phi) is 5.56. The van der Waals surface area contributed by atoms with Gasteiger partial charge in [-0.15, -0.1) is 0 Å². The van der Waals surface area contributed by atoms with Gasteiger partial charge in [-0.05, 0) is 37.5 Å². The van der Waals surface area contributed by atoms with Crippen LogP contribution in [0.4, 0.5) is 0 Å². The lowest BCUT2D eigenvalue weighted by molar-refractivity contribution is -0.110. The predicted octanol–water partition coefficient (Wildman–Crippen LogP) is 2.09. The van der Waals surface area contributed by atoms with Crippen LogP contribution in [-0.2, 0) is 11.2 Å². The lowest BCUT2D eigenvalue weighted by Crippen LogP contribution is -2.33. The maximum absolute atomic E-state index is 11.0. The molecular weight excluding hydrogens is 252 g/mol. The lowest BCUT2D eigenvalue weighted by atomic mass is 9.89. The summed E-state index contributed by atoms with van der Waals surface area (Å²) in [5.74, 6) is 1.21. The first-order valence-corrected chi connectivity index (χ1v) is 7.42. The highest BCUT2D eigenvalue weighted by atomic mass is 16.5. The van der Waals surface area contributed by atoms with Gasteiger partial charge < -0.3 is 9.53 Å². The summed E-state index contributed by atoms with van der Waals surface area (Å²) < 4.78 is 5.65. The maximum atomic E-state index is 11.0. The highest BCUT2D eigenvalue weighted by Gasteiger charge is 2.32. The second kappa shape index (κ2) is 7.41. The Labute approximate surface area is 120 Å². The van der Waals surface area contributed by atoms with Crippen molar-refractivity contribution in [2.24, 2.45) is 5.92 Å². The highest BCUT2D eigenvalue weighted by Crippen LogP contribution is 2.21. The van der Waals surface area contributed by atoms with E-state index in [1.54, 1.807) is 0 Å². The molecular formula is C16H24N2O2. The average molecular weight is 276 g/mol. The highest BCUT2D eigenvalue weighted by molar-refractivity contribution is 5.59. The van der Waals surface area contributed by atoms with Crippen molar-refractivity contribution in [3.63, 3.8) is 0 Å². The van der Waals surface area contributed by atoms with Crippen LogP contribution in [0.15, 0.2) is 24.3 Å². The molecule has 2 rings (SSSR count). The van der Waals surface area contributed by atoms with E-state index in [-0.39, 0.29) is 6.04 Å². The number of benzene rings is 1. The number of hydrogen-bond acceptors (Lipinski definition) is 4. The van der Waals surface area contributed by atoms with E-state index in [2.05, 4.69) is 36.8 Å². The van der Waals surface area contributed by atoms with E-state index >= 15 is 0 Å². The molecule has 0 spiro atoms. The molecule has 3 unspecified atom stereocenters. The zero-order valence-corrected chi connectivity index (χ0v) is 12.3. The predicted molar refractivity (Wildman–Crippen MR) is 79.6 cm³/mol. The minimum Gasteiger partial charge on any atom is -0.494 e. The lowest BCUT2D eigenvalue weighted by Gasteiger charge is -2.17. The molecule has 1 heterocycles. The molecule has 1 aromatic rings. The normalized spacial score (nSPS) is 25.6. The Morgan fingerprint density at radius 2 is 2.00 bits per heavy atom. The van der Waals surface area contributed by atoms with Crippen LogP contribution in [0.25, 0.3) is 0 Å². The molecule has 3 atom stereocenters. The van der Waals surface area contributed by atoms with Gasteiger partial charge in [0.25, 0.3) is 0 Å². The first kappa shape index (κ1) is 15.0. The van der Waals surface area contributed by atoms with Gasteiger partial charge in [-0.3, -0.25) is 5.43 Å². The molecule has 1 aromatic carbocycles. The summed E-state index contributed by atoms with van der Waals surface area (Å²) in [6.45, 7) is 5.03. The summed E-state index contributed by atoms with van der Waals surface area (Å²) in [4.78, 5) is 11.0. The monoisotopic (exact) mass is 276 g/mol. The standard InChI is InChI=1S/C16H24N2O2/c1-3-4-9-20-14-7-5-13(6-8-14)10-15-12(2)17-18-16(15)11-19/h5-8,11-12,15-18H,3-4,9-10H2,1-2H3. The molecule has 0 bridgehead atoms. The average Bonchev–Trinajstić information content (AvgIpc) is 2.82. The number of unbranched alkanes of at least 4 members (excludes halogenated alkanes) is 1. The van der Waals surface area contributed by atoms with Crippen LogP contribution in [0.2, 0.25) is 0 Å². The van der Waals surface area contributed by atoms with Gasteiger partial charge in [-0.25, -0.2) is 5.43 Å². The topological polar surface area (TPSA) is 50.4 Å². The van der Waals surface area contributed by atoms with E-state index in [0.717, 1.165) is 37.9 Å². The van der Waals surface area contributed by atoms with Gasteiger partial charge in [-0.1, -0.05) is 25.5 Å². The number of carbonyl (C=O) groups is 1. The summed E-state index contributed by atoms with van der Waals surface area (Å²) in [6, 6.07) is 8.40. The Morgan fingerprint density at radius 3 is 2.65 bits per heavy atom. The second-order valence-electron chi connectivity index (χ2n) is 5.45. The number of hydrazine groups is 1. The van der Waals surface area contributed by atoms with E-state index in [1.807, 2.05) is 12.1 Å². The molecule has 1 aliphatic rings. The second-order valence-corrected chi connectivity index (χ2v) is 5.45. The van der Waals surface area contributed by atoms with Gasteiger partial charge in [0.05, 0.1) is 12.6 Å². The zero-order valence-electron chi connectivity index (χ0n) is 12.3. The zero-order chi connectivity index (χ0) is 14.4. The summed E-state index contributed by atoms with van der Waals surface area (Å²) in [7, 11) is 0. The van der Waals surface area contributed by atoms with Gasteiger partial charge >= 0.3 is 0 Å². The minimum atomic E-state index is -0.106. The maximum Gasteiger partial charge on any atom is 0.138 e. The Bertz CT molecular complexity index is 419. The Balaban J connectivity index is 1.91. The van der Waals surface area contributed by atoms with Crippen LogP contribution in [0.5, 0.6) is 5.75 Å². The molecule has 20 heavy (non-hydrogen) atoms. The number of rotatable bonds is 7. The number of carbonyl (C=O) groups excluding carboxylic acids is 1. The summed E-state index contributed by atoms with van der Waals surface area (Å²) in [6.07, 6.45) is 4.10.